The standard InChI is InChI=1S/C33H34N6O5/c1-36-17-19-37(20-18-36)25-15-13-24(14-16-25)31(40)34-30-27-21-38(32(41)29(43-2)23-9-5-3-6-10-23)22-28(27)39(35-30)33(42)44-26-11-7-4-8-12-26/h3-16,29H,17-22H2,1-2H3,(H,34,35,40). The van der Waals surface area contributed by atoms with Crippen molar-refractivity contribution in [1.82, 2.24) is 19.6 Å². The fourth-order valence-corrected chi connectivity index (χ4v) is 5.52. The lowest BCUT2D eigenvalue weighted by atomic mass is 10.1. The molecule has 0 bridgehead atoms. The minimum Gasteiger partial charge on any atom is -0.409 e. The van der Waals surface area contributed by atoms with Gasteiger partial charge in [-0.25, -0.2) is 4.79 Å². The molecule has 1 atom stereocenters. The molecule has 1 fully saturated rings. The largest absolute Gasteiger partial charge is 0.440 e. The topological polar surface area (TPSA) is 109 Å². The second-order valence-corrected chi connectivity index (χ2v) is 10.9. The highest BCUT2D eigenvalue weighted by Gasteiger charge is 2.36. The summed E-state index contributed by atoms with van der Waals surface area (Å²) < 4.78 is 12.2. The minimum atomic E-state index is -0.824. The first-order valence-electron chi connectivity index (χ1n) is 14.5. The van der Waals surface area contributed by atoms with Gasteiger partial charge in [-0.3, -0.25) is 9.59 Å². The Morgan fingerprint density at radius 1 is 0.841 bits per heavy atom. The lowest BCUT2D eigenvalue weighted by Crippen LogP contribution is -2.44. The Labute approximate surface area is 255 Å². The fraction of sp³-hybridized carbons (Fsp3) is 0.273. The number of carbonyl (C=O) groups is 3. The van der Waals surface area contributed by atoms with E-state index >= 15 is 0 Å². The quantitative estimate of drug-likeness (QED) is 0.340. The number of ether oxygens (including phenoxy) is 2. The van der Waals surface area contributed by atoms with Crippen molar-refractivity contribution in [3.05, 3.63) is 107 Å². The molecule has 11 heteroatoms. The van der Waals surface area contributed by atoms with E-state index in [1.165, 1.54) is 7.11 Å². The van der Waals surface area contributed by atoms with Crippen molar-refractivity contribution >= 4 is 29.4 Å². The summed E-state index contributed by atoms with van der Waals surface area (Å²) in [6.07, 6.45) is -1.57. The van der Waals surface area contributed by atoms with Crippen molar-refractivity contribution in [2.45, 2.75) is 19.2 Å². The number of nitrogens with zero attached hydrogens (tertiary/aromatic N) is 5. The summed E-state index contributed by atoms with van der Waals surface area (Å²) >= 11 is 0. The zero-order valence-electron chi connectivity index (χ0n) is 24.7. The summed E-state index contributed by atoms with van der Waals surface area (Å²) in [5.41, 5.74) is 3.25. The van der Waals surface area contributed by atoms with E-state index in [-0.39, 0.29) is 30.7 Å². The molecule has 6 rings (SSSR count). The fourth-order valence-electron chi connectivity index (χ4n) is 5.52. The van der Waals surface area contributed by atoms with Crippen LogP contribution in [0.4, 0.5) is 16.3 Å². The molecule has 1 N–H and O–H groups in total. The van der Waals surface area contributed by atoms with Gasteiger partial charge >= 0.3 is 6.09 Å². The van der Waals surface area contributed by atoms with Crippen LogP contribution in [0.25, 0.3) is 0 Å². The van der Waals surface area contributed by atoms with Crippen LogP contribution in [-0.2, 0) is 22.6 Å². The molecule has 4 aromatic rings. The Balaban J connectivity index is 1.24. The molecule has 0 aliphatic carbocycles. The first kappa shape index (κ1) is 29.1. The Morgan fingerprint density at radius 2 is 1.50 bits per heavy atom. The molecule has 0 spiro atoms. The Morgan fingerprint density at radius 3 is 2.16 bits per heavy atom. The Bertz CT molecular complexity index is 1630. The van der Waals surface area contributed by atoms with Crippen molar-refractivity contribution in [2.75, 3.05) is 50.6 Å². The highest BCUT2D eigenvalue weighted by Crippen LogP contribution is 2.33. The summed E-state index contributed by atoms with van der Waals surface area (Å²) in [6.45, 7) is 4.05. The second-order valence-electron chi connectivity index (χ2n) is 10.9. The highest BCUT2D eigenvalue weighted by molar-refractivity contribution is 6.04. The van der Waals surface area contributed by atoms with Crippen molar-refractivity contribution in [2.24, 2.45) is 0 Å². The maximum atomic E-state index is 13.6. The van der Waals surface area contributed by atoms with Crippen molar-refractivity contribution in [1.29, 1.82) is 0 Å². The number of benzene rings is 3. The summed E-state index contributed by atoms with van der Waals surface area (Å²) in [4.78, 5) is 46.4. The van der Waals surface area contributed by atoms with E-state index in [0.717, 1.165) is 42.1 Å². The molecule has 0 radical (unpaired) electrons. The number of piperazine rings is 1. The average molecular weight is 595 g/mol. The van der Waals surface area contributed by atoms with Gasteiger partial charge in [0.2, 0.25) is 0 Å². The number of fused-ring (bicyclic) bond motifs is 1. The number of likely N-dealkylation sites (N-methyl/N-ethyl adjacent to an activating group) is 1. The average Bonchev–Trinajstić information content (AvgIpc) is 3.63. The van der Waals surface area contributed by atoms with E-state index < -0.39 is 12.2 Å². The lowest BCUT2D eigenvalue weighted by molar-refractivity contribution is -0.143. The first-order chi connectivity index (χ1) is 21.4. The van der Waals surface area contributed by atoms with Gasteiger partial charge in [-0.2, -0.15) is 4.68 Å². The molecule has 44 heavy (non-hydrogen) atoms. The van der Waals surface area contributed by atoms with Gasteiger partial charge in [0, 0.05) is 50.1 Å². The van der Waals surface area contributed by atoms with E-state index in [2.05, 4.69) is 27.3 Å². The molecule has 226 valence electrons. The van der Waals surface area contributed by atoms with Gasteiger partial charge in [0.1, 0.15) is 5.75 Å². The summed E-state index contributed by atoms with van der Waals surface area (Å²) in [5.74, 6) is -0.0957. The molecule has 2 aliphatic rings. The van der Waals surface area contributed by atoms with E-state index in [9.17, 15) is 14.4 Å². The van der Waals surface area contributed by atoms with E-state index in [1.807, 2.05) is 48.5 Å². The number of anilines is 2. The third-order valence-corrected chi connectivity index (χ3v) is 8.00. The van der Waals surface area contributed by atoms with Crippen molar-refractivity contribution < 1.29 is 23.9 Å². The predicted octanol–water partition coefficient (Wildman–Crippen LogP) is 4.16. The van der Waals surface area contributed by atoms with Crippen LogP contribution in [0.5, 0.6) is 5.75 Å². The van der Waals surface area contributed by atoms with Gasteiger partial charge in [0.25, 0.3) is 11.8 Å². The normalized spacial score (nSPS) is 15.5. The van der Waals surface area contributed by atoms with Crippen LogP contribution in [0.1, 0.15) is 33.3 Å². The molecule has 11 nitrogen and oxygen atoms in total. The van der Waals surface area contributed by atoms with Crippen LogP contribution in [0.15, 0.2) is 84.9 Å². The summed E-state index contributed by atoms with van der Waals surface area (Å²) in [6, 6.07) is 25.3. The molecule has 1 aromatic heterocycles. The number of para-hydroxylation sites is 1. The van der Waals surface area contributed by atoms with Gasteiger partial charge in [-0.1, -0.05) is 48.5 Å². The number of hydrogen-bond donors (Lipinski definition) is 1. The molecule has 1 saturated heterocycles. The molecule has 3 heterocycles. The van der Waals surface area contributed by atoms with Crippen molar-refractivity contribution in [3.8, 4) is 5.75 Å². The van der Waals surface area contributed by atoms with Gasteiger partial charge in [0.15, 0.2) is 11.9 Å². The third kappa shape index (κ3) is 6.05. The van der Waals surface area contributed by atoms with Gasteiger partial charge in [-0.15, -0.1) is 5.10 Å². The van der Waals surface area contributed by atoms with Crippen LogP contribution in [-0.4, -0.2) is 77.8 Å². The van der Waals surface area contributed by atoms with Crippen molar-refractivity contribution in [3.63, 3.8) is 0 Å². The number of hydrogen-bond acceptors (Lipinski definition) is 8. The smallest absolute Gasteiger partial charge is 0.409 e. The van der Waals surface area contributed by atoms with Gasteiger partial charge in [0.05, 0.1) is 18.8 Å². The molecular formula is C33H34N6O5. The number of carbonyl (C=O) groups excluding carboxylic acids is 3. The Kier molecular flexibility index (Phi) is 8.40. The summed E-state index contributed by atoms with van der Waals surface area (Å²) in [5, 5.41) is 7.31. The summed E-state index contributed by atoms with van der Waals surface area (Å²) in [7, 11) is 3.59. The maximum absolute atomic E-state index is 13.6. The van der Waals surface area contributed by atoms with Crippen LogP contribution in [0.3, 0.4) is 0 Å². The number of methoxy groups -OCH3 is 1. The molecular weight excluding hydrogens is 560 g/mol. The Hall–Kier alpha value is -5.00. The number of aromatic nitrogens is 2. The zero-order valence-corrected chi connectivity index (χ0v) is 24.7. The molecule has 2 aliphatic heterocycles. The van der Waals surface area contributed by atoms with Crippen LogP contribution in [0.2, 0.25) is 0 Å². The van der Waals surface area contributed by atoms with Crippen LogP contribution in [0, 0.1) is 0 Å². The molecule has 1 unspecified atom stereocenters. The minimum absolute atomic E-state index is 0.0906. The van der Waals surface area contributed by atoms with E-state index in [1.54, 1.807) is 41.3 Å². The molecule has 2 amide bonds. The monoisotopic (exact) mass is 594 g/mol. The van der Waals surface area contributed by atoms with Crippen LogP contribution >= 0.6 is 0 Å². The molecule has 0 saturated carbocycles. The second kappa shape index (κ2) is 12.7. The maximum Gasteiger partial charge on any atom is 0.440 e. The number of amides is 2. The predicted molar refractivity (Wildman–Crippen MR) is 165 cm³/mol. The lowest BCUT2D eigenvalue weighted by Gasteiger charge is -2.34. The molecule has 3 aromatic carbocycles. The first-order valence-corrected chi connectivity index (χ1v) is 14.5. The number of rotatable bonds is 7. The zero-order chi connectivity index (χ0) is 30.6. The highest BCUT2D eigenvalue weighted by atomic mass is 16.6. The SMILES string of the molecule is COC(C(=O)N1Cc2c(NC(=O)c3ccc(N4CCN(C)CC4)cc3)nn(C(=O)Oc3ccccc3)c2C1)c1ccccc1. The van der Waals surface area contributed by atoms with Gasteiger partial charge < -0.3 is 29.5 Å². The van der Waals surface area contributed by atoms with Crippen LogP contribution < -0.4 is 15.0 Å². The third-order valence-electron chi connectivity index (χ3n) is 8.00. The van der Waals surface area contributed by atoms with E-state index in [0.29, 0.717) is 22.6 Å². The number of nitrogens with one attached hydrogen (secondary N) is 1. The van der Waals surface area contributed by atoms with Gasteiger partial charge in [-0.05, 0) is 49.0 Å². The van der Waals surface area contributed by atoms with E-state index in [4.69, 9.17) is 9.47 Å².